The van der Waals surface area contributed by atoms with Crippen LogP contribution in [0.5, 0.6) is 0 Å². The van der Waals surface area contributed by atoms with Crippen LogP contribution >= 0.6 is 70.4 Å². The van der Waals surface area contributed by atoms with Crippen LogP contribution in [0.1, 0.15) is 6.42 Å². The predicted molar refractivity (Wildman–Crippen MR) is 71.8 cm³/mol. The molecule has 68 valence electrons. The fourth-order valence-electron chi connectivity index (χ4n) is 1.90. The van der Waals surface area contributed by atoms with Gasteiger partial charge in [0.25, 0.3) is 0 Å². The molecule has 0 aliphatic heterocycles. The summed E-state index contributed by atoms with van der Waals surface area (Å²) < 4.78 is 2.01. The molecular weight excluding hydrogens is 463 g/mol. The molecule has 0 nitrogen and oxygen atoms in total. The van der Waals surface area contributed by atoms with Crippen LogP contribution in [0.3, 0.4) is 0 Å². The van der Waals surface area contributed by atoms with E-state index in [1.807, 2.05) is 0 Å². The van der Waals surface area contributed by atoms with Gasteiger partial charge in [0, 0.05) is 24.0 Å². The smallest absolute Gasteiger partial charge is 0.0472 e. The van der Waals surface area contributed by atoms with E-state index in [9.17, 15) is 0 Å². The first-order chi connectivity index (χ1) is 5.63. The molecule has 4 heteroatoms. The van der Waals surface area contributed by atoms with E-state index in [1.54, 1.807) is 0 Å². The maximum Gasteiger partial charge on any atom is 0.0472 e. The number of rotatable bonds is 0. The van der Waals surface area contributed by atoms with Crippen LogP contribution in [0.15, 0.2) is 10.6 Å². The molecule has 12 heavy (non-hydrogen) atoms. The van der Waals surface area contributed by atoms with Crippen molar-refractivity contribution in [2.24, 2.45) is 11.8 Å². The summed E-state index contributed by atoms with van der Waals surface area (Å²) in [5.74, 6) is 1.55. The van der Waals surface area contributed by atoms with Crippen molar-refractivity contribution in [1.82, 2.24) is 0 Å². The standard InChI is InChI=1S/C8H8Br3I/c9-4-2-1-3-6(10)5(7(3)11)8(4)12/h2-3,5-8H,1H2/t3?,5?,6-,7?,8?/m0/s1. The summed E-state index contributed by atoms with van der Waals surface area (Å²) in [6.07, 6.45) is 3.53. The van der Waals surface area contributed by atoms with Gasteiger partial charge in [0.2, 0.25) is 0 Å². The summed E-state index contributed by atoms with van der Waals surface area (Å²) in [4.78, 5) is 1.41. The van der Waals surface area contributed by atoms with Gasteiger partial charge in [-0.25, -0.2) is 0 Å². The number of fused-ring (bicyclic) bond motifs is 2. The fourth-order valence-corrected chi connectivity index (χ4v) is 7.86. The van der Waals surface area contributed by atoms with E-state index in [1.165, 1.54) is 10.9 Å². The predicted octanol–water partition coefficient (Wildman–Crippen LogP) is 4.25. The summed E-state index contributed by atoms with van der Waals surface area (Å²) in [7, 11) is 0. The molecule has 3 aliphatic carbocycles. The van der Waals surface area contributed by atoms with Gasteiger partial charge < -0.3 is 0 Å². The Kier molecular flexibility index (Phi) is 3.32. The third kappa shape index (κ3) is 1.48. The Bertz CT molecular complexity index is 218. The second-order valence-corrected chi connectivity index (χ2v) is 7.73. The highest BCUT2D eigenvalue weighted by atomic mass is 127. The molecule has 0 radical (unpaired) electrons. The van der Waals surface area contributed by atoms with Crippen molar-refractivity contribution in [3.05, 3.63) is 10.6 Å². The third-order valence-corrected chi connectivity index (χ3v) is 8.49. The highest BCUT2D eigenvalue weighted by Crippen LogP contribution is 2.54. The van der Waals surface area contributed by atoms with E-state index in [2.05, 4.69) is 76.5 Å². The largest absolute Gasteiger partial charge is 0.0883 e. The third-order valence-electron chi connectivity index (χ3n) is 2.74. The number of hydrogen-bond acceptors (Lipinski definition) is 0. The molecule has 5 atom stereocenters. The van der Waals surface area contributed by atoms with E-state index >= 15 is 0 Å². The molecule has 0 aromatic rings. The van der Waals surface area contributed by atoms with Gasteiger partial charge >= 0.3 is 0 Å². The van der Waals surface area contributed by atoms with E-state index in [0.29, 0.717) is 13.6 Å². The molecule has 3 rings (SSSR count). The lowest BCUT2D eigenvalue weighted by Crippen LogP contribution is -2.51. The Morgan fingerprint density at radius 2 is 1.92 bits per heavy atom. The zero-order valence-corrected chi connectivity index (χ0v) is 13.1. The minimum absolute atomic E-state index is 0.634. The zero-order chi connectivity index (χ0) is 8.88. The molecule has 2 bridgehead atoms. The Morgan fingerprint density at radius 1 is 1.33 bits per heavy atom. The summed E-state index contributed by atoms with van der Waals surface area (Å²) in [5.41, 5.74) is 0. The molecule has 0 aromatic carbocycles. The molecule has 0 spiro atoms. The maximum atomic E-state index is 3.77. The maximum absolute atomic E-state index is 3.77. The monoisotopic (exact) mass is 468 g/mol. The molecule has 3 aliphatic rings. The Labute approximate surface area is 111 Å². The second kappa shape index (κ2) is 3.81. The van der Waals surface area contributed by atoms with Crippen molar-refractivity contribution >= 4 is 70.4 Å². The van der Waals surface area contributed by atoms with Crippen LogP contribution < -0.4 is 0 Å². The van der Waals surface area contributed by atoms with Crippen molar-refractivity contribution in [3.8, 4) is 0 Å². The van der Waals surface area contributed by atoms with Gasteiger partial charge in [-0.15, -0.1) is 0 Å². The first-order valence-electron chi connectivity index (χ1n) is 3.90. The van der Waals surface area contributed by atoms with Gasteiger partial charge in [-0.1, -0.05) is 76.5 Å². The first-order valence-corrected chi connectivity index (χ1v) is 7.77. The van der Waals surface area contributed by atoms with Gasteiger partial charge in [-0.2, -0.15) is 0 Å². The van der Waals surface area contributed by atoms with Crippen molar-refractivity contribution in [1.29, 1.82) is 0 Å². The van der Waals surface area contributed by atoms with Gasteiger partial charge in [0.1, 0.15) is 0 Å². The molecule has 0 heterocycles. The minimum atomic E-state index is 0.634. The van der Waals surface area contributed by atoms with Gasteiger partial charge in [-0.05, 0) is 12.3 Å². The average molecular weight is 471 g/mol. The first kappa shape index (κ1) is 10.4. The number of halogens is 4. The normalized spacial score (nSPS) is 52.3. The van der Waals surface area contributed by atoms with Crippen LogP contribution in [-0.4, -0.2) is 13.6 Å². The molecule has 4 unspecified atom stereocenters. The number of allylic oxidation sites excluding steroid dienone is 2. The number of alkyl halides is 3. The van der Waals surface area contributed by atoms with Crippen molar-refractivity contribution in [3.63, 3.8) is 0 Å². The lowest BCUT2D eigenvalue weighted by atomic mass is 9.73. The molecule has 1 saturated carbocycles. The van der Waals surface area contributed by atoms with Crippen molar-refractivity contribution in [2.45, 2.75) is 20.0 Å². The summed E-state index contributed by atoms with van der Waals surface area (Å²) in [5, 5.41) is 0. The topological polar surface area (TPSA) is 0 Å². The van der Waals surface area contributed by atoms with Crippen molar-refractivity contribution in [2.75, 3.05) is 0 Å². The van der Waals surface area contributed by atoms with Crippen LogP contribution in [0.25, 0.3) is 0 Å². The van der Waals surface area contributed by atoms with Gasteiger partial charge in [-0.3, -0.25) is 0 Å². The highest BCUT2D eigenvalue weighted by Gasteiger charge is 2.52. The summed E-state index contributed by atoms with van der Waals surface area (Å²) in [6.45, 7) is 0. The quantitative estimate of drug-likeness (QED) is 0.367. The van der Waals surface area contributed by atoms with Gasteiger partial charge in [0.15, 0.2) is 0 Å². The van der Waals surface area contributed by atoms with Crippen LogP contribution in [0, 0.1) is 11.8 Å². The molecule has 0 amide bonds. The SMILES string of the molecule is BrC1=CCC2C(Br)C(C1I)[C@H]2Br. The van der Waals surface area contributed by atoms with E-state index in [-0.39, 0.29) is 0 Å². The Hall–Kier alpha value is 1.91. The second-order valence-electron chi connectivity index (χ2n) is 3.36. The highest BCUT2D eigenvalue weighted by molar-refractivity contribution is 14.1. The molecule has 0 aromatic heterocycles. The van der Waals surface area contributed by atoms with E-state index < -0.39 is 0 Å². The molecule has 0 saturated heterocycles. The van der Waals surface area contributed by atoms with Gasteiger partial charge in [0.05, 0.1) is 0 Å². The summed E-state index contributed by atoms with van der Waals surface area (Å²) >= 11 is 13.7. The molecular formula is C8H8Br3I. The van der Waals surface area contributed by atoms with Crippen LogP contribution in [0.2, 0.25) is 0 Å². The minimum Gasteiger partial charge on any atom is -0.0883 e. The fraction of sp³-hybridized carbons (Fsp3) is 0.750. The average Bonchev–Trinajstić information content (AvgIpc) is 2.20. The zero-order valence-electron chi connectivity index (χ0n) is 6.18. The Morgan fingerprint density at radius 3 is 2.50 bits per heavy atom. The van der Waals surface area contributed by atoms with Crippen molar-refractivity contribution < 1.29 is 0 Å². The van der Waals surface area contributed by atoms with E-state index in [4.69, 9.17) is 0 Å². The van der Waals surface area contributed by atoms with Crippen LogP contribution in [0.4, 0.5) is 0 Å². The lowest BCUT2D eigenvalue weighted by Gasteiger charge is -2.47. The van der Waals surface area contributed by atoms with Crippen LogP contribution in [-0.2, 0) is 0 Å². The molecule has 0 N–H and O–H groups in total. The Balaban J connectivity index is 2.24. The lowest BCUT2D eigenvalue weighted by molar-refractivity contribution is 0.256. The van der Waals surface area contributed by atoms with E-state index in [0.717, 1.165) is 11.8 Å². The molecule has 1 fully saturated rings. The summed E-state index contributed by atoms with van der Waals surface area (Å²) in [6, 6.07) is 0. The number of hydrogen-bond donors (Lipinski definition) is 0.